The van der Waals surface area contributed by atoms with E-state index in [-0.39, 0.29) is 12.0 Å². The van der Waals surface area contributed by atoms with Crippen molar-refractivity contribution in [3.8, 4) is 0 Å². The predicted molar refractivity (Wildman–Crippen MR) is 54.6 cm³/mol. The summed E-state index contributed by atoms with van der Waals surface area (Å²) in [6, 6.07) is 0.261. The number of ether oxygens (including phenoxy) is 1. The smallest absolute Gasteiger partial charge is 0.324 e. The van der Waals surface area contributed by atoms with Crippen LogP contribution in [0.15, 0.2) is 0 Å². The molecule has 0 aliphatic carbocycles. The summed E-state index contributed by atoms with van der Waals surface area (Å²) in [6.45, 7) is 6.61. The van der Waals surface area contributed by atoms with E-state index in [0.29, 0.717) is 18.6 Å². The van der Waals surface area contributed by atoms with Crippen LogP contribution in [0.4, 0.5) is 0 Å². The second-order valence-electron chi connectivity index (χ2n) is 4.09. The van der Waals surface area contributed by atoms with E-state index in [4.69, 9.17) is 4.74 Å². The van der Waals surface area contributed by atoms with Crippen molar-refractivity contribution in [2.45, 2.75) is 39.3 Å². The highest BCUT2D eigenvalue weighted by molar-refractivity contribution is 5.76. The van der Waals surface area contributed by atoms with Gasteiger partial charge in [0.05, 0.1) is 6.61 Å². The zero-order valence-electron chi connectivity index (χ0n) is 9.41. The molecule has 2 atom stereocenters. The number of carbonyl (C=O) groups excluding carboxylic acids is 1. The summed E-state index contributed by atoms with van der Waals surface area (Å²) in [5.41, 5.74) is 3.13. The molecular weight excluding hydrogens is 180 g/mol. The van der Waals surface area contributed by atoms with E-state index in [0.717, 1.165) is 6.42 Å². The fraction of sp³-hybridized carbons (Fsp3) is 0.900. The number of carbonyl (C=O) groups is 1. The Bertz CT molecular complexity index is 206. The normalized spacial score (nSPS) is 28.4. The Balaban J connectivity index is 2.50. The summed E-state index contributed by atoms with van der Waals surface area (Å²) >= 11 is 0. The Morgan fingerprint density at radius 1 is 1.64 bits per heavy atom. The molecule has 1 aliphatic heterocycles. The van der Waals surface area contributed by atoms with Crippen LogP contribution in [-0.2, 0) is 9.53 Å². The van der Waals surface area contributed by atoms with Crippen LogP contribution in [0.1, 0.15) is 27.2 Å². The molecule has 1 aliphatic rings. The number of esters is 1. The second-order valence-corrected chi connectivity index (χ2v) is 4.09. The van der Waals surface area contributed by atoms with Crippen LogP contribution in [0.25, 0.3) is 0 Å². The van der Waals surface area contributed by atoms with Gasteiger partial charge in [0.1, 0.15) is 6.04 Å². The van der Waals surface area contributed by atoms with Gasteiger partial charge in [-0.05, 0) is 19.3 Å². The molecule has 0 aromatic heterocycles. The molecule has 4 heteroatoms. The molecule has 1 heterocycles. The molecule has 0 radical (unpaired) electrons. The minimum Gasteiger partial charge on any atom is -0.465 e. The van der Waals surface area contributed by atoms with E-state index in [1.165, 1.54) is 0 Å². The Labute approximate surface area is 85.6 Å². The van der Waals surface area contributed by atoms with Crippen molar-refractivity contribution in [1.29, 1.82) is 0 Å². The summed E-state index contributed by atoms with van der Waals surface area (Å²) in [5, 5.41) is 2.02. The highest BCUT2D eigenvalue weighted by Gasteiger charge is 2.35. The summed E-state index contributed by atoms with van der Waals surface area (Å²) in [4.78, 5) is 11.4. The maximum atomic E-state index is 11.4. The lowest BCUT2D eigenvalue weighted by Gasteiger charge is -2.21. The number of hydrogen-bond donors (Lipinski definition) is 1. The summed E-state index contributed by atoms with van der Waals surface area (Å²) in [5.74, 6) is 0.412. The average Bonchev–Trinajstić information content (AvgIpc) is 2.48. The van der Waals surface area contributed by atoms with Crippen LogP contribution >= 0.6 is 0 Å². The molecule has 0 spiro atoms. The first-order valence-electron chi connectivity index (χ1n) is 5.21. The molecule has 1 saturated heterocycles. The molecule has 0 saturated carbocycles. The lowest BCUT2D eigenvalue weighted by Crippen LogP contribution is -2.40. The van der Waals surface area contributed by atoms with Gasteiger partial charge in [-0.25, -0.2) is 10.4 Å². The predicted octanol–water partition coefficient (Wildman–Crippen LogP) is 0.783. The number of hydrogen-bond acceptors (Lipinski definition) is 4. The first-order valence-corrected chi connectivity index (χ1v) is 5.21. The number of rotatable bonds is 3. The monoisotopic (exact) mass is 200 g/mol. The first-order chi connectivity index (χ1) is 6.56. The van der Waals surface area contributed by atoms with E-state index in [2.05, 4.69) is 19.3 Å². The summed E-state index contributed by atoms with van der Waals surface area (Å²) in [6.07, 6.45) is 0.840. The van der Waals surface area contributed by atoms with Gasteiger partial charge in [-0.15, -0.1) is 0 Å². The molecule has 0 amide bonds. The van der Waals surface area contributed by atoms with Crippen molar-refractivity contribution in [2.75, 3.05) is 13.7 Å². The largest absolute Gasteiger partial charge is 0.465 e. The molecule has 1 rings (SSSR count). The van der Waals surface area contributed by atoms with Crippen molar-refractivity contribution in [2.24, 2.45) is 5.92 Å². The van der Waals surface area contributed by atoms with Gasteiger partial charge in [0, 0.05) is 13.1 Å². The van der Waals surface area contributed by atoms with Crippen LogP contribution in [0, 0.1) is 5.92 Å². The maximum absolute atomic E-state index is 11.4. The van der Waals surface area contributed by atoms with Gasteiger partial charge in [-0.3, -0.25) is 4.79 Å². The molecule has 2 unspecified atom stereocenters. The molecule has 0 aromatic rings. The van der Waals surface area contributed by atoms with Crippen LogP contribution in [0.3, 0.4) is 0 Å². The van der Waals surface area contributed by atoms with E-state index in [1.807, 2.05) is 19.0 Å². The molecule has 4 nitrogen and oxygen atoms in total. The minimum atomic E-state index is -0.160. The third-order valence-corrected chi connectivity index (χ3v) is 2.67. The highest BCUT2D eigenvalue weighted by atomic mass is 16.5. The van der Waals surface area contributed by atoms with Crippen molar-refractivity contribution in [3.05, 3.63) is 0 Å². The van der Waals surface area contributed by atoms with Crippen molar-refractivity contribution in [1.82, 2.24) is 10.4 Å². The van der Waals surface area contributed by atoms with Gasteiger partial charge in [-0.1, -0.05) is 13.8 Å². The Morgan fingerprint density at radius 3 is 2.71 bits per heavy atom. The summed E-state index contributed by atoms with van der Waals surface area (Å²) < 4.78 is 4.97. The minimum absolute atomic E-state index is 0.137. The van der Waals surface area contributed by atoms with E-state index < -0.39 is 0 Å². The Kier molecular flexibility index (Phi) is 3.89. The van der Waals surface area contributed by atoms with E-state index >= 15 is 0 Å². The standard InChI is InChI=1S/C10H20N2O2/c1-5-14-10(13)8-6-9(7(2)3)12(4)11-8/h7-9,11H,5-6H2,1-4H3. The fourth-order valence-electron chi connectivity index (χ4n) is 1.91. The van der Waals surface area contributed by atoms with Crippen molar-refractivity contribution in [3.63, 3.8) is 0 Å². The second kappa shape index (κ2) is 4.75. The van der Waals surface area contributed by atoms with Crippen LogP contribution < -0.4 is 5.43 Å². The fourth-order valence-corrected chi connectivity index (χ4v) is 1.91. The van der Waals surface area contributed by atoms with E-state index in [9.17, 15) is 4.79 Å². The highest BCUT2D eigenvalue weighted by Crippen LogP contribution is 2.20. The third-order valence-electron chi connectivity index (χ3n) is 2.67. The van der Waals surface area contributed by atoms with Gasteiger partial charge in [0.25, 0.3) is 0 Å². The molecule has 0 bridgehead atoms. The SMILES string of the molecule is CCOC(=O)C1CC(C(C)C)N(C)N1. The van der Waals surface area contributed by atoms with Gasteiger partial charge < -0.3 is 4.74 Å². The van der Waals surface area contributed by atoms with Crippen molar-refractivity contribution < 1.29 is 9.53 Å². The molecule has 14 heavy (non-hydrogen) atoms. The van der Waals surface area contributed by atoms with Crippen molar-refractivity contribution >= 4 is 5.97 Å². The van der Waals surface area contributed by atoms with Gasteiger partial charge in [-0.2, -0.15) is 0 Å². The molecular formula is C10H20N2O2. The quantitative estimate of drug-likeness (QED) is 0.684. The maximum Gasteiger partial charge on any atom is 0.324 e. The topological polar surface area (TPSA) is 41.6 Å². The van der Waals surface area contributed by atoms with Crippen LogP contribution in [0.5, 0.6) is 0 Å². The molecule has 1 fully saturated rings. The first kappa shape index (κ1) is 11.5. The lowest BCUT2D eigenvalue weighted by atomic mass is 9.99. The van der Waals surface area contributed by atoms with Gasteiger partial charge in [0.15, 0.2) is 0 Å². The molecule has 1 N–H and O–H groups in total. The average molecular weight is 200 g/mol. The number of nitrogens with zero attached hydrogens (tertiary/aromatic N) is 1. The third kappa shape index (κ3) is 2.45. The lowest BCUT2D eigenvalue weighted by molar-refractivity contribution is -0.145. The number of hydrazine groups is 1. The zero-order valence-corrected chi connectivity index (χ0v) is 9.41. The van der Waals surface area contributed by atoms with Gasteiger partial charge >= 0.3 is 5.97 Å². The zero-order chi connectivity index (χ0) is 10.7. The Hall–Kier alpha value is -0.610. The van der Waals surface area contributed by atoms with Gasteiger partial charge in [0.2, 0.25) is 0 Å². The van der Waals surface area contributed by atoms with Crippen LogP contribution in [0.2, 0.25) is 0 Å². The molecule has 0 aromatic carbocycles. The van der Waals surface area contributed by atoms with E-state index in [1.54, 1.807) is 0 Å². The number of nitrogens with one attached hydrogen (secondary N) is 1. The molecule has 82 valence electrons. The van der Waals surface area contributed by atoms with Crippen LogP contribution in [-0.4, -0.2) is 36.7 Å². The Morgan fingerprint density at radius 2 is 2.29 bits per heavy atom. The summed E-state index contributed by atoms with van der Waals surface area (Å²) in [7, 11) is 1.98.